The minimum absolute atomic E-state index is 0.211. The molecule has 72 valence electrons. The van der Waals surface area contributed by atoms with Crippen LogP contribution in [0.1, 0.15) is 10.4 Å². The van der Waals surface area contributed by atoms with E-state index in [0.29, 0.717) is 14.8 Å². The maximum absolute atomic E-state index is 10.8. The summed E-state index contributed by atoms with van der Waals surface area (Å²) in [6.45, 7) is 0. The monoisotopic (exact) mass is 272 g/mol. The number of halogens is 1. The highest BCUT2D eigenvalue weighted by Gasteiger charge is 2.10. The maximum atomic E-state index is 10.8. The van der Waals surface area contributed by atoms with E-state index in [4.69, 9.17) is 17.3 Å². The highest BCUT2D eigenvalue weighted by molar-refractivity contribution is 9.10. The molecule has 0 saturated carbocycles. The second-order valence-corrected chi connectivity index (χ2v) is 4.02. The topological polar surface area (TPSA) is 68.9 Å². The van der Waals surface area contributed by atoms with Crippen LogP contribution in [0.5, 0.6) is 0 Å². The molecule has 2 rings (SSSR count). The van der Waals surface area contributed by atoms with Crippen LogP contribution in [0.3, 0.4) is 0 Å². The van der Waals surface area contributed by atoms with Gasteiger partial charge in [0.05, 0.1) is 16.6 Å². The van der Waals surface area contributed by atoms with Crippen molar-refractivity contribution in [1.82, 2.24) is 9.97 Å². The minimum Gasteiger partial charge on any atom is -0.478 e. The number of hydrogen-bond acceptors (Lipinski definition) is 2. The van der Waals surface area contributed by atoms with Gasteiger partial charge in [0.25, 0.3) is 0 Å². The molecule has 0 aliphatic rings. The van der Waals surface area contributed by atoms with Crippen LogP contribution in [0, 0.1) is 4.77 Å². The first-order chi connectivity index (χ1) is 6.58. The zero-order valence-electron chi connectivity index (χ0n) is 6.80. The molecule has 0 aliphatic heterocycles. The van der Waals surface area contributed by atoms with E-state index in [-0.39, 0.29) is 5.56 Å². The van der Waals surface area contributed by atoms with E-state index in [1.807, 2.05) is 0 Å². The molecule has 1 aromatic carbocycles. The number of imidazole rings is 1. The van der Waals surface area contributed by atoms with E-state index in [2.05, 4.69) is 25.9 Å². The van der Waals surface area contributed by atoms with E-state index < -0.39 is 5.97 Å². The molecule has 1 aromatic heterocycles. The first-order valence-electron chi connectivity index (χ1n) is 3.73. The summed E-state index contributed by atoms with van der Waals surface area (Å²) in [5, 5.41) is 8.85. The normalized spacial score (nSPS) is 10.6. The van der Waals surface area contributed by atoms with Crippen molar-refractivity contribution in [3.63, 3.8) is 0 Å². The Morgan fingerprint density at radius 3 is 2.50 bits per heavy atom. The van der Waals surface area contributed by atoms with Gasteiger partial charge >= 0.3 is 5.97 Å². The molecule has 4 nitrogen and oxygen atoms in total. The Morgan fingerprint density at radius 1 is 1.36 bits per heavy atom. The van der Waals surface area contributed by atoms with Gasteiger partial charge < -0.3 is 15.1 Å². The number of carboxylic acids is 1. The third-order valence-electron chi connectivity index (χ3n) is 1.83. The van der Waals surface area contributed by atoms with Crippen LogP contribution in [-0.2, 0) is 0 Å². The van der Waals surface area contributed by atoms with E-state index in [1.165, 1.54) is 6.07 Å². The number of fused-ring (bicyclic) bond motifs is 1. The van der Waals surface area contributed by atoms with Crippen LogP contribution in [0.4, 0.5) is 0 Å². The van der Waals surface area contributed by atoms with Crippen LogP contribution < -0.4 is 0 Å². The lowest BCUT2D eigenvalue weighted by atomic mass is 10.2. The number of nitrogens with one attached hydrogen (secondary N) is 2. The molecule has 14 heavy (non-hydrogen) atoms. The van der Waals surface area contributed by atoms with E-state index in [9.17, 15) is 4.79 Å². The number of aromatic carboxylic acids is 1. The van der Waals surface area contributed by atoms with Gasteiger partial charge in [-0.2, -0.15) is 0 Å². The fraction of sp³-hybridized carbons (Fsp3) is 0. The van der Waals surface area contributed by atoms with Gasteiger partial charge in [-0.3, -0.25) is 0 Å². The smallest absolute Gasteiger partial charge is 0.336 e. The number of rotatable bonds is 1. The molecule has 1 heterocycles. The Morgan fingerprint density at radius 2 is 1.93 bits per heavy atom. The quantitative estimate of drug-likeness (QED) is 0.700. The number of benzene rings is 1. The minimum atomic E-state index is -0.973. The standard InChI is InChI=1S/C8H5BrN2O2S/c9-4-2-6-5(10-8(14)11-6)1-3(4)7(12)13/h1-2H,(H,12,13)(H2,10,11,14). The molecule has 3 N–H and O–H groups in total. The average molecular weight is 273 g/mol. The van der Waals surface area contributed by atoms with Crippen molar-refractivity contribution in [2.45, 2.75) is 0 Å². The second-order valence-electron chi connectivity index (χ2n) is 2.76. The number of hydrogen-bond donors (Lipinski definition) is 3. The SMILES string of the molecule is O=C(O)c1cc2[nH]c(=S)[nH]c2cc1Br. The third-order valence-corrected chi connectivity index (χ3v) is 2.69. The van der Waals surface area contributed by atoms with E-state index in [0.717, 1.165) is 5.52 Å². The molecule has 0 bridgehead atoms. The molecule has 0 unspecified atom stereocenters. The summed E-state index contributed by atoms with van der Waals surface area (Å²) in [5.74, 6) is -0.973. The van der Waals surface area contributed by atoms with Gasteiger partial charge in [-0.15, -0.1) is 0 Å². The number of H-pyrrole nitrogens is 2. The number of aromatic nitrogens is 2. The molecule has 6 heteroatoms. The van der Waals surface area contributed by atoms with E-state index in [1.54, 1.807) is 6.07 Å². The van der Waals surface area contributed by atoms with Gasteiger partial charge in [0.1, 0.15) is 0 Å². The van der Waals surface area contributed by atoms with Gasteiger partial charge in [0.15, 0.2) is 4.77 Å². The summed E-state index contributed by atoms with van der Waals surface area (Å²) in [7, 11) is 0. The maximum Gasteiger partial charge on any atom is 0.336 e. The zero-order valence-corrected chi connectivity index (χ0v) is 9.20. The lowest BCUT2D eigenvalue weighted by molar-refractivity contribution is 0.0696. The van der Waals surface area contributed by atoms with Crippen molar-refractivity contribution in [3.05, 3.63) is 26.9 Å². The Balaban J connectivity index is 2.82. The predicted octanol–water partition coefficient (Wildman–Crippen LogP) is 2.69. The lowest BCUT2D eigenvalue weighted by Gasteiger charge is -1.98. The summed E-state index contributed by atoms with van der Waals surface area (Å²) in [4.78, 5) is 16.5. The van der Waals surface area contributed by atoms with Gasteiger partial charge in [-0.1, -0.05) is 0 Å². The van der Waals surface area contributed by atoms with Crippen molar-refractivity contribution in [3.8, 4) is 0 Å². The van der Waals surface area contributed by atoms with Crippen molar-refractivity contribution in [2.75, 3.05) is 0 Å². The molecule has 0 atom stereocenters. The summed E-state index contributed by atoms with van der Waals surface area (Å²) in [6, 6.07) is 3.22. The molecule has 0 fully saturated rings. The van der Waals surface area contributed by atoms with Gasteiger partial charge in [-0.05, 0) is 40.3 Å². The van der Waals surface area contributed by atoms with Crippen LogP contribution in [0.15, 0.2) is 16.6 Å². The summed E-state index contributed by atoms with van der Waals surface area (Å²) >= 11 is 8.07. The first-order valence-corrected chi connectivity index (χ1v) is 4.93. The number of carbonyl (C=O) groups is 1. The lowest BCUT2D eigenvalue weighted by Crippen LogP contribution is -1.97. The summed E-state index contributed by atoms with van der Waals surface area (Å²) < 4.78 is 1.01. The first kappa shape index (κ1) is 9.42. The molecule has 0 radical (unpaired) electrons. The van der Waals surface area contributed by atoms with Gasteiger partial charge in [0.2, 0.25) is 0 Å². The Kier molecular flexibility index (Phi) is 2.16. The van der Waals surface area contributed by atoms with Crippen LogP contribution >= 0.6 is 28.1 Å². The Labute approximate surface area is 92.1 Å². The fourth-order valence-electron chi connectivity index (χ4n) is 1.22. The van der Waals surface area contributed by atoms with Crippen LogP contribution in [0.2, 0.25) is 0 Å². The number of carboxylic acid groups (broad SMARTS) is 1. The van der Waals surface area contributed by atoms with E-state index >= 15 is 0 Å². The van der Waals surface area contributed by atoms with Crippen LogP contribution in [-0.4, -0.2) is 21.0 Å². The fourth-order valence-corrected chi connectivity index (χ4v) is 1.95. The molecular formula is C8H5BrN2O2S. The predicted molar refractivity (Wildman–Crippen MR) is 58.1 cm³/mol. The number of aromatic amines is 2. The highest BCUT2D eigenvalue weighted by atomic mass is 79.9. The average Bonchev–Trinajstić information content (AvgIpc) is 2.42. The van der Waals surface area contributed by atoms with Gasteiger partial charge in [-0.25, -0.2) is 4.79 Å². The summed E-state index contributed by atoms with van der Waals surface area (Å²) in [6.07, 6.45) is 0. The summed E-state index contributed by atoms with van der Waals surface area (Å²) in [5.41, 5.74) is 1.69. The van der Waals surface area contributed by atoms with Crippen LogP contribution in [0.25, 0.3) is 11.0 Å². The molecule has 0 spiro atoms. The molecule has 0 aliphatic carbocycles. The Bertz CT molecular complexity index is 572. The Hall–Kier alpha value is -1.14. The van der Waals surface area contributed by atoms with Crippen molar-refractivity contribution < 1.29 is 9.90 Å². The molecular weight excluding hydrogens is 268 g/mol. The molecule has 0 amide bonds. The van der Waals surface area contributed by atoms with Crippen molar-refractivity contribution in [1.29, 1.82) is 0 Å². The van der Waals surface area contributed by atoms with Crippen molar-refractivity contribution >= 4 is 45.2 Å². The third kappa shape index (κ3) is 1.46. The largest absolute Gasteiger partial charge is 0.478 e. The molecule has 0 saturated heterocycles. The zero-order chi connectivity index (χ0) is 10.3. The van der Waals surface area contributed by atoms with Gasteiger partial charge in [0, 0.05) is 4.47 Å². The molecule has 2 aromatic rings. The highest BCUT2D eigenvalue weighted by Crippen LogP contribution is 2.22. The van der Waals surface area contributed by atoms with Crippen molar-refractivity contribution in [2.24, 2.45) is 0 Å². The second kappa shape index (κ2) is 3.21.